The molecule has 5 aliphatic heterocycles. The smallest absolute Gasteiger partial charge is 0.306 e. The van der Waals surface area contributed by atoms with Gasteiger partial charge in [0, 0.05) is 58.4 Å². The van der Waals surface area contributed by atoms with E-state index in [-0.39, 0.29) is 43.0 Å². The van der Waals surface area contributed by atoms with Gasteiger partial charge in [0.05, 0.1) is 46.6 Å². The SMILES string of the molecule is CCCC1=C2C=C3N=C4C(=C5NC(=C(C)C6=NC(=CC(=N2)/C1=C/O)C(C(C)O)=C6C)[C@@H](C)[C@@H]5CCC(=O)OC/C=C(\C)CC/C=C(\C)CCC=C(C)C)CC(=O)C4=C3CC. The number of carbonyl (C=O) groups is 2. The number of ether oxygens (including phenoxy) is 1. The number of carbonyl (C=O) groups excluding carboxylic acids is 2. The van der Waals surface area contributed by atoms with Crippen LogP contribution in [-0.4, -0.2) is 51.8 Å². The number of ketones is 1. The fourth-order valence-corrected chi connectivity index (χ4v) is 9.37. The molecule has 0 aromatic carbocycles. The van der Waals surface area contributed by atoms with Crippen LogP contribution in [-0.2, 0) is 14.3 Å². The lowest BCUT2D eigenvalue weighted by molar-refractivity contribution is -0.142. The van der Waals surface area contributed by atoms with E-state index in [0.717, 1.165) is 83.3 Å². The lowest BCUT2D eigenvalue weighted by Gasteiger charge is -2.17. The third-order valence-electron chi connectivity index (χ3n) is 12.6. The Morgan fingerprint density at radius 2 is 1.62 bits per heavy atom. The maximum atomic E-state index is 14.0. The van der Waals surface area contributed by atoms with Crippen molar-refractivity contribution in [2.75, 3.05) is 6.61 Å². The van der Waals surface area contributed by atoms with Gasteiger partial charge >= 0.3 is 5.97 Å². The van der Waals surface area contributed by atoms with Gasteiger partial charge in [0.25, 0.3) is 0 Å². The lowest BCUT2D eigenvalue weighted by atomic mass is 9.85. The van der Waals surface area contributed by atoms with Gasteiger partial charge < -0.3 is 20.3 Å². The van der Waals surface area contributed by atoms with E-state index in [1.54, 1.807) is 6.92 Å². The van der Waals surface area contributed by atoms with Crippen LogP contribution in [0.1, 0.15) is 133 Å². The van der Waals surface area contributed by atoms with Crippen LogP contribution < -0.4 is 5.32 Å². The van der Waals surface area contributed by atoms with Crippen LogP contribution >= 0.6 is 0 Å². The number of fused-ring (bicyclic) bond motifs is 5. The van der Waals surface area contributed by atoms with Crippen molar-refractivity contribution in [3.05, 3.63) is 126 Å². The molecule has 0 radical (unpaired) electrons. The number of aliphatic imine (C=N–C) groups is 3. The van der Waals surface area contributed by atoms with Gasteiger partial charge in [-0.05, 0) is 134 Å². The zero-order valence-corrected chi connectivity index (χ0v) is 37.4. The van der Waals surface area contributed by atoms with E-state index < -0.39 is 6.10 Å². The van der Waals surface area contributed by atoms with Gasteiger partial charge in [-0.3, -0.25) is 9.59 Å². The summed E-state index contributed by atoms with van der Waals surface area (Å²) >= 11 is 0. The van der Waals surface area contributed by atoms with Crippen LogP contribution in [0.2, 0.25) is 0 Å². The largest absolute Gasteiger partial charge is 0.515 e. The third kappa shape index (κ3) is 9.12. The minimum atomic E-state index is -0.801. The lowest BCUT2D eigenvalue weighted by Crippen LogP contribution is -2.16. The van der Waals surface area contributed by atoms with Gasteiger partial charge in [0.2, 0.25) is 0 Å². The number of nitrogens with one attached hydrogen (secondary N) is 1. The highest BCUT2D eigenvalue weighted by molar-refractivity contribution is 6.38. The average Bonchev–Trinajstić information content (AvgIpc) is 3.97. The molecule has 1 saturated carbocycles. The molecule has 3 atom stereocenters. The fraction of sp³-hybridized carbons (Fsp3) is 0.471. The van der Waals surface area contributed by atoms with E-state index in [1.807, 2.05) is 39.0 Å². The minimum absolute atomic E-state index is 0.0401. The normalized spacial score (nSPS) is 22.8. The third-order valence-corrected chi connectivity index (χ3v) is 12.6. The van der Waals surface area contributed by atoms with Crippen LogP contribution in [0.15, 0.2) is 141 Å². The second kappa shape index (κ2) is 19.1. The Hall–Kier alpha value is -5.15. The Bertz CT molecular complexity index is 2300. The molecule has 1 saturated heterocycles. The van der Waals surface area contributed by atoms with E-state index in [1.165, 1.54) is 16.7 Å². The number of rotatable bonds is 15. The number of aliphatic hydroxyl groups excluding tert-OH is 2. The van der Waals surface area contributed by atoms with Gasteiger partial charge in [-0.15, -0.1) is 0 Å². The molecule has 0 spiro atoms. The molecule has 2 fully saturated rings. The molecule has 8 bridgehead atoms. The number of nitrogens with zero attached hydrogens (tertiary/aromatic N) is 3. The number of Topliss-reactive ketones (excluding diaryl/α,β-unsaturated/α-hetero) is 1. The highest BCUT2D eigenvalue weighted by Crippen LogP contribution is 2.47. The van der Waals surface area contributed by atoms with Crippen LogP contribution in [0.5, 0.6) is 0 Å². The van der Waals surface area contributed by atoms with E-state index in [0.29, 0.717) is 64.5 Å². The second-order valence-electron chi connectivity index (χ2n) is 17.3. The summed E-state index contributed by atoms with van der Waals surface area (Å²) in [6, 6.07) is 0. The summed E-state index contributed by atoms with van der Waals surface area (Å²) < 4.78 is 5.76. The molecule has 0 amide bonds. The Morgan fingerprint density at radius 3 is 2.28 bits per heavy atom. The van der Waals surface area contributed by atoms with Gasteiger partial charge in [-0.2, -0.15) is 0 Å². The summed E-state index contributed by atoms with van der Waals surface area (Å²) in [5, 5.41) is 25.5. The quantitative estimate of drug-likeness (QED) is 0.0857. The number of hydrogen-bond acceptors (Lipinski definition) is 9. The molecule has 3 N–H and O–H groups in total. The molecule has 6 aliphatic rings. The molecule has 60 heavy (non-hydrogen) atoms. The summed E-state index contributed by atoms with van der Waals surface area (Å²) in [6.45, 7) is 20.8. The Kier molecular flexibility index (Phi) is 14.1. The predicted molar refractivity (Wildman–Crippen MR) is 244 cm³/mol. The van der Waals surface area contributed by atoms with Crippen molar-refractivity contribution in [2.24, 2.45) is 26.8 Å². The van der Waals surface area contributed by atoms with Gasteiger partial charge in [0.15, 0.2) is 5.78 Å². The maximum Gasteiger partial charge on any atom is 0.306 e. The van der Waals surface area contributed by atoms with Crippen LogP contribution in [0.25, 0.3) is 0 Å². The maximum absolute atomic E-state index is 14.0. The Morgan fingerprint density at radius 1 is 0.917 bits per heavy atom. The van der Waals surface area contributed by atoms with Crippen molar-refractivity contribution in [3.8, 4) is 0 Å². The highest BCUT2D eigenvalue weighted by Gasteiger charge is 2.44. The first kappa shape index (κ1) is 44.4. The monoisotopic (exact) mass is 812 g/mol. The number of allylic oxidation sites excluding steroid dienone is 16. The molecule has 6 rings (SSSR count). The zero-order chi connectivity index (χ0) is 43.4. The van der Waals surface area contributed by atoms with E-state index in [9.17, 15) is 19.8 Å². The topological polar surface area (TPSA) is 133 Å². The molecule has 1 unspecified atom stereocenters. The molecular formula is C51H64N4O5. The average molecular weight is 813 g/mol. The van der Waals surface area contributed by atoms with Crippen molar-refractivity contribution in [1.82, 2.24) is 5.32 Å². The van der Waals surface area contributed by atoms with Gasteiger partial charge in [-0.25, -0.2) is 15.0 Å². The molecule has 0 aromatic rings. The molecular weight excluding hydrogens is 749 g/mol. The van der Waals surface area contributed by atoms with Crippen LogP contribution in [0, 0.1) is 11.8 Å². The second-order valence-corrected chi connectivity index (χ2v) is 17.3. The van der Waals surface area contributed by atoms with Crippen molar-refractivity contribution in [2.45, 2.75) is 140 Å². The number of aliphatic hydroxyl groups is 2. The number of esters is 1. The van der Waals surface area contributed by atoms with Crippen LogP contribution in [0.4, 0.5) is 0 Å². The molecule has 9 heteroatoms. The van der Waals surface area contributed by atoms with E-state index >= 15 is 0 Å². The van der Waals surface area contributed by atoms with Gasteiger partial charge in [0.1, 0.15) is 6.61 Å². The van der Waals surface area contributed by atoms with E-state index in [2.05, 4.69) is 59.0 Å². The first-order valence-electron chi connectivity index (χ1n) is 21.9. The fourth-order valence-electron chi connectivity index (χ4n) is 9.37. The first-order valence-corrected chi connectivity index (χ1v) is 21.9. The molecule has 318 valence electrons. The summed E-state index contributed by atoms with van der Waals surface area (Å²) in [6.07, 6.45) is 17.8. The molecule has 0 aromatic heterocycles. The van der Waals surface area contributed by atoms with Crippen molar-refractivity contribution in [1.29, 1.82) is 0 Å². The van der Waals surface area contributed by atoms with E-state index in [4.69, 9.17) is 19.7 Å². The number of hydrogen-bond donors (Lipinski definition) is 3. The Labute approximate surface area is 357 Å². The van der Waals surface area contributed by atoms with Crippen molar-refractivity contribution in [3.63, 3.8) is 0 Å². The van der Waals surface area contributed by atoms with Crippen LogP contribution in [0.3, 0.4) is 0 Å². The summed E-state index contributed by atoms with van der Waals surface area (Å²) in [7, 11) is 0. The van der Waals surface area contributed by atoms with Crippen molar-refractivity contribution >= 4 is 28.9 Å². The minimum Gasteiger partial charge on any atom is -0.515 e. The first-order chi connectivity index (χ1) is 28.7. The molecule has 1 aliphatic carbocycles. The molecule has 5 heterocycles. The summed E-state index contributed by atoms with van der Waals surface area (Å²) in [5.41, 5.74) is 16.3. The summed E-state index contributed by atoms with van der Waals surface area (Å²) in [4.78, 5) is 42.7. The zero-order valence-electron chi connectivity index (χ0n) is 37.4. The highest BCUT2D eigenvalue weighted by atomic mass is 16.5. The van der Waals surface area contributed by atoms with Crippen molar-refractivity contribution < 1.29 is 24.5 Å². The Balaban J connectivity index is 1.34. The predicted octanol–water partition coefficient (Wildman–Crippen LogP) is 11.1. The summed E-state index contributed by atoms with van der Waals surface area (Å²) in [5.74, 6) is -0.372. The standard InChI is InChI=1S/C51H64N4O5/c1-11-15-37-39(27-56)42-26-43-46(34(10)57)32(8)49(54-43)33(9)48-31(7)36(20-21-45(59)60-23-22-30(6)19-14-18-29(5)17-13-16-28(3)4)50(55-48)38-24-44(58)47-35(12-2)40(53-51(38)47)25-41(37)52-42/h16,18,22,25-27,31,34,36,55-57H,11-15,17,19-21,23-24H2,1-10H3/b29-18+,30-22+,39-27+,40-25?,43-26?,48-33?,50-38?/t31-,34?,36-/m0/s1. The molecule has 9 nitrogen and oxygen atoms in total. The van der Waals surface area contributed by atoms with Gasteiger partial charge in [-0.1, -0.05) is 56.1 Å².